The van der Waals surface area contributed by atoms with Crippen LogP contribution in [0, 0.1) is 22.2 Å². The lowest BCUT2D eigenvalue weighted by Gasteiger charge is -2.44. The van der Waals surface area contributed by atoms with Gasteiger partial charge in [0.2, 0.25) is 0 Å². The van der Waals surface area contributed by atoms with Crippen LogP contribution in [-0.2, 0) is 19.1 Å². The van der Waals surface area contributed by atoms with E-state index in [-0.39, 0.29) is 23.9 Å². The Morgan fingerprint density at radius 1 is 1.07 bits per heavy atom. The van der Waals surface area contributed by atoms with E-state index in [0.717, 1.165) is 5.56 Å². The number of Topliss-reactive ketones (excluding diaryl/α,β-unsaturated/α-hetero) is 2. The van der Waals surface area contributed by atoms with Crippen LogP contribution >= 0.6 is 0 Å². The predicted molar refractivity (Wildman–Crippen MR) is 99.0 cm³/mol. The van der Waals surface area contributed by atoms with E-state index < -0.39 is 33.6 Å². The van der Waals surface area contributed by atoms with E-state index in [1.165, 1.54) is 0 Å². The highest BCUT2D eigenvalue weighted by molar-refractivity contribution is 6.14. The Morgan fingerprint density at radius 3 is 2.43 bits per heavy atom. The van der Waals surface area contributed by atoms with Gasteiger partial charge in [-0.05, 0) is 24.8 Å². The van der Waals surface area contributed by atoms with Gasteiger partial charge in [0.25, 0.3) is 0 Å². The fraction of sp³-hybridized carbons (Fsp3) is 0.565. The van der Waals surface area contributed by atoms with Gasteiger partial charge >= 0.3 is 0 Å². The topological polar surface area (TPSA) is 72.8 Å². The van der Waals surface area contributed by atoms with E-state index in [1.807, 2.05) is 51.1 Å². The van der Waals surface area contributed by atoms with Gasteiger partial charge in [-0.25, -0.2) is 0 Å². The number of fused-ring (bicyclic) bond motifs is 4. The summed E-state index contributed by atoms with van der Waals surface area (Å²) >= 11 is 0. The Hall–Kier alpha value is -1.98. The summed E-state index contributed by atoms with van der Waals surface area (Å²) in [5, 5.41) is 11.8. The summed E-state index contributed by atoms with van der Waals surface area (Å²) in [5.74, 6) is 0.0660. The molecule has 0 amide bonds. The van der Waals surface area contributed by atoms with Gasteiger partial charge in [0.1, 0.15) is 28.5 Å². The molecule has 5 nitrogen and oxygen atoms in total. The summed E-state index contributed by atoms with van der Waals surface area (Å²) in [6.45, 7) is 8.21. The molecule has 0 aromatic heterocycles. The Labute approximate surface area is 163 Å². The molecule has 5 heteroatoms. The summed E-state index contributed by atoms with van der Waals surface area (Å²) in [7, 11) is 0. The molecule has 0 radical (unpaired) electrons. The first-order valence-corrected chi connectivity index (χ1v) is 10.0. The third kappa shape index (κ3) is 1.22. The molecule has 3 aliphatic carbocycles. The van der Waals surface area contributed by atoms with Crippen molar-refractivity contribution >= 4 is 11.6 Å². The number of ether oxygens (including phenoxy) is 2. The second kappa shape index (κ2) is 4.29. The van der Waals surface area contributed by atoms with E-state index in [1.54, 1.807) is 6.92 Å². The van der Waals surface area contributed by atoms with E-state index >= 15 is 0 Å². The molecule has 2 heterocycles. The number of hydrogen-bond acceptors (Lipinski definition) is 5. The normalized spacial score (nSPS) is 49.6. The third-order valence-electron chi connectivity index (χ3n) is 9.11. The Morgan fingerprint density at radius 2 is 1.75 bits per heavy atom. The number of aliphatic hydroxyl groups is 1. The molecule has 2 bridgehead atoms. The molecule has 28 heavy (non-hydrogen) atoms. The zero-order valence-corrected chi connectivity index (χ0v) is 16.5. The summed E-state index contributed by atoms with van der Waals surface area (Å²) in [4.78, 5) is 27.3. The number of carbonyl (C=O) groups is 2. The molecule has 6 rings (SSSR count). The number of hydrogen-bond donors (Lipinski definition) is 1. The summed E-state index contributed by atoms with van der Waals surface area (Å²) in [5.41, 5.74) is -3.92. The van der Waals surface area contributed by atoms with Crippen molar-refractivity contribution in [1.29, 1.82) is 0 Å². The standard InChI is InChI=1S/C23H24O5/c1-19(2)15-11-27-21(4)22(15)18(25)20(19,3)17-16(23(21,22)26)13(24)10-14(28-17)12-8-6-5-7-9-12/h5-9,14-15,26H,10-11H2,1-4H3/t14-,15+,20-,21+,22-,23+/m0/s1. The highest BCUT2D eigenvalue weighted by Crippen LogP contribution is 2.89. The zero-order chi connectivity index (χ0) is 19.9. The molecule has 1 aromatic rings. The number of rotatable bonds is 1. The molecule has 6 atom stereocenters. The number of benzene rings is 1. The molecular formula is C23H24O5. The van der Waals surface area contributed by atoms with Gasteiger partial charge in [0.15, 0.2) is 11.6 Å². The van der Waals surface area contributed by atoms with Crippen LogP contribution in [0.5, 0.6) is 0 Å². The average Bonchev–Trinajstić information content (AvgIpc) is 2.88. The van der Waals surface area contributed by atoms with Gasteiger partial charge in [-0.3, -0.25) is 9.59 Å². The second-order valence-electron chi connectivity index (χ2n) is 9.94. The number of carbonyl (C=O) groups excluding carboxylic acids is 2. The maximum absolute atomic E-state index is 13.9. The molecule has 0 unspecified atom stereocenters. The van der Waals surface area contributed by atoms with Gasteiger partial charge in [0.05, 0.1) is 24.0 Å². The monoisotopic (exact) mass is 380 g/mol. The van der Waals surface area contributed by atoms with Crippen LogP contribution in [0.15, 0.2) is 41.7 Å². The molecule has 5 aliphatic rings. The molecule has 1 N–H and O–H groups in total. The van der Waals surface area contributed by atoms with Crippen LogP contribution in [0.4, 0.5) is 0 Å². The molecule has 2 saturated carbocycles. The van der Waals surface area contributed by atoms with Gasteiger partial charge in [0, 0.05) is 5.92 Å². The first kappa shape index (κ1) is 16.9. The maximum Gasteiger partial charge on any atom is 0.169 e. The van der Waals surface area contributed by atoms with Gasteiger partial charge < -0.3 is 14.6 Å². The molecule has 3 fully saturated rings. The highest BCUT2D eigenvalue weighted by atomic mass is 16.6. The van der Waals surface area contributed by atoms with Crippen molar-refractivity contribution in [3.63, 3.8) is 0 Å². The second-order valence-corrected chi connectivity index (χ2v) is 9.94. The fourth-order valence-electron chi connectivity index (χ4n) is 7.26. The highest BCUT2D eigenvalue weighted by Gasteiger charge is 3.03. The molecule has 1 saturated heterocycles. The Bertz CT molecular complexity index is 1010. The van der Waals surface area contributed by atoms with Crippen molar-refractivity contribution in [2.24, 2.45) is 22.2 Å². The predicted octanol–water partition coefficient (Wildman–Crippen LogP) is 2.74. The minimum atomic E-state index is -1.58. The largest absolute Gasteiger partial charge is 0.488 e. The Kier molecular flexibility index (Phi) is 2.59. The van der Waals surface area contributed by atoms with Crippen molar-refractivity contribution in [3.8, 4) is 0 Å². The molecule has 2 aliphatic heterocycles. The molecular weight excluding hydrogens is 356 g/mol. The van der Waals surface area contributed by atoms with Gasteiger partial charge in [-0.1, -0.05) is 44.2 Å². The smallest absolute Gasteiger partial charge is 0.169 e. The number of ketones is 2. The summed E-state index contributed by atoms with van der Waals surface area (Å²) in [6.07, 6.45) is -0.290. The van der Waals surface area contributed by atoms with Crippen molar-refractivity contribution < 1.29 is 24.2 Å². The van der Waals surface area contributed by atoms with Crippen LogP contribution in [0.2, 0.25) is 0 Å². The Balaban J connectivity index is 1.62. The van der Waals surface area contributed by atoms with Gasteiger partial charge in [-0.15, -0.1) is 0 Å². The SMILES string of the molecule is CC1(C)[C@H]2CO[C@@]3(C)[C@]4(O)C5=C(O[C@H](c6ccccc6)CC5=O)[C@@]1(C)C(=O)[C@@]234. The van der Waals surface area contributed by atoms with Crippen molar-refractivity contribution in [2.75, 3.05) is 6.61 Å². The number of allylic oxidation sites excluding steroid dienone is 1. The van der Waals surface area contributed by atoms with Crippen LogP contribution in [-0.4, -0.2) is 34.5 Å². The van der Waals surface area contributed by atoms with Crippen LogP contribution in [0.1, 0.15) is 45.8 Å². The van der Waals surface area contributed by atoms with E-state index in [4.69, 9.17) is 9.47 Å². The zero-order valence-electron chi connectivity index (χ0n) is 16.5. The molecule has 1 spiro atoms. The molecule has 146 valence electrons. The van der Waals surface area contributed by atoms with Crippen LogP contribution in [0.3, 0.4) is 0 Å². The fourth-order valence-corrected chi connectivity index (χ4v) is 7.26. The van der Waals surface area contributed by atoms with E-state index in [2.05, 4.69) is 0 Å². The first-order chi connectivity index (χ1) is 13.1. The van der Waals surface area contributed by atoms with Crippen LogP contribution < -0.4 is 0 Å². The minimum absolute atomic E-state index is 0.0299. The lowest BCUT2D eigenvalue weighted by molar-refractivity contribution is -0.139. The van der Waals surface area contributed by atoms with E-state index in [0.29, 0.717) is 17.9 Å². The maximum atomic E-state index is 13.9. The van der Waals surface area contributed by atoms with Crippen LogP contribution in [0.25, 0.3) is 0 Å². The average molecular weight is 380 g/mol. The van der Waals surface area contributed by atoms with Crippen molar-refractivity contribution in [1.82, 2.24) is 0 Å². The summed E-state index contributed by atoms with van der Waals surface area (Å²) in [6, 6.07) is 9.60. The minimum Gasteiger partial charge on any atom is -0.488 e. The first-order valence-electron chi connectivity index (χ1n) is 10.0. The summed E-state index contributed by atoms with van der Waals surface area (Å²) < 4.78 is 12.5. The lowest BCUT2D eigenvalue weighted by Crippen LogP contribution is -2.48. The van der Waals surface area contributed by atoms with E-state index in [9.17, 15) is 14.7 Å². The van der Waals surface area contributed by atoms with Crippen molar-refractivity contribution in [2.45, 2.75) is 51.4 Å². The van der Waals surface area contributed by atoms with Gasteiger partial charge in [-0.2, -0.15) is 0 Å². The lowest BCUT2D eigenvalue weighted by atomic mass is 9.63. The third-order valence-corrected chi connectivity index (χ3v) is 9.11. The quantitative estimate of drug-likeness (QED) is 0.811. The van der Waals surface area contributed by atoms with Crippen molar-refractivity contribution in [3.05, 3.63) is 47.2 Å². The molecule has 1 aromatic carbocycles.